The van der Waals surface area contributed by atoms with Crippen molar-refractivity contribution in [2.75, 3.05) is 0 Å². The average molecular weight is 463 g/mol. The predicted octanol–water partition coefficient (Wildman–Crippen LogP) is 8.61. The fourth-order valence-corrected chi connectivity index (χ4v) is 5.82. The summed E-state index contributed by atoms with van der Waals surface area (Å²) in [6.07, 6.45) is 6.87. The molecule has 2 aliphatic rings. The van der Waals surface area contributed by atoms with Crippen LogP contribution >= 0.6 is 0 Å². The highest BCUT2D eigenvalue weighted by molar-refractivity contribution is 6.03. The first-order valence-corrected chi connectivity index (χ1v) is 12.6. The summed E-state index contributed by atoms with van der Waals surface area (Å²) in [5.41, 5.74) is 9.37. The maximum atomic E-state index is 5.14. The number of rotatable bonds is 2. The van der Waals surface area contributed by atoms with E-state index in [2.05, 4.69) is 123 Å². The van der Waals surface area contributed by atoms with Gasteiger partial charge >= 0.3 is 0 Å². The highest BCUT2D eigenvalue weighted by atomic mass is 14.9. The molecule has 5 aromatic rings. The molecule has 2 atom stereocenters. The van der Waals surface area contributed by atoms with E-state index in [0.29, 0.717) is 0 Å². The Morgan fingerprint density at radius 3 is 2.03 bits per heavy atom. The van der Waals surface area contributed by atoms with Crippen molar-refractivity contribution in [2.24, 2.45) is 10.9 Å². The number of dihydropyridines is 1. The molecule has 0 amide bonds. The van der Waals surface area contributed by atoms with Gasteiger partial charge in [0.1, 0.15) is 6.04 Å². The standard InChI is InChI=1S/C34H26N2/c1-21-17-31(27-13-11-23-7-3-5-9-25(23)19-27)29-15-16-30-32(18-22(2)36-34(30)33(29)35-21)28-14-12-24-8-4-6-10-26(24)20-28/h3-20,29,33H,1-2H3. The molecule has 2 heterocycles. The Labute approximate surface area is 211 Å². The summed E-state index contributed by atoms with van der Waals surface area (Å²) >= 11 is 0. The molecule has 2 unspecified atom stereocenters. The Morgan fingerprint density at radius 2 is 1.31 bits per heavy atom. The molecule has 0 saturated heterocycles. The zero-order valence-corrected chi connectivity index (χ0v) is 20.4. The quantitative estimate of drug-likeness (QED) is 0.258. The highest BCUT2D eigenvalue weighted by Gasteiger charge is 2.34. The molecule has 0 fully saturated rings. The van der Waals surface area contributed by atoms with Crippen LogP contribution in [-0.4, -0.2) is 10.7 Å². The van der Waals surface area contributed by atoms with Crippen LogP contribution in [0.5, 0.6) is 0 Å². The molecule has 4 aromatic carbocycles. The normalized spacial score (nSPS) is 18.5. The van der Waals surface area contributed by atoms with E-state index >= 15 is 0 Å². The Morgan fingerprint density at radius 1 is 0.667 bits per heavy atom. The second kappa shape index (κ2) is 8.13. The van der Waals surface area contributed by atoms with Gasteiger partial charge in [0.25, 0.3) is 0 Å². The maximum absolute atomic E-state index is 5.14. The summed E-state index contributed by atoms with van der Waals surface area (Å²) in [4.78, 5) is 10.2. The highest BCUT2D eigenvalue weighted by Crippen LogP contribution is 2.46. The second-order valence-corrected chi connectivity index (χ2v) is 9.93. The Balaban J connectivity index is 1.36. The molecule has 36 heavy (non-hydrogen) atoms. The lowest BCUT2D eigenvalue weighted by Gasteiger charge is -2.33. The summed E-state index contributed by atoms with van der Waals surface area (Å²) in [5.74, 6) is 0.168. The summed E-state index contributed by atoms with van der Waals surface area (Å²) in [5, 5.41) is 5.04. The third-order valence-corrected chi connectivity index (χ3v) is 7.52. The van der Waals surface area contributed by atoms with E-state index in [1.807, 2.05) is 0 Å². The van der Waals surface area contributed by atoms with Gasteiger partial charge in [-0.2, -0.15) is 0 Å². The van der Waals surface area contributed by atoms with E-state index in [-0.39, 0.29) is 12.0 Å². The number of aryl methyl sites for hydroxylation is 1. The van der Waals surface area contributed by atoms with Gasteiger partial charge in [-0.05, 0) is 81.9 Å². The second-order valence-electron chi connectivity index (χ2n) is 9.93. The molecule has 2 nitrogen and oxygen atoms in total. The van der Waals surface area contributed by atoms with Crippen molar-refractivity contribution in [3.63, 3.8) is 0 Å². The predicted molar refractivity (Wildman–Crippen MR) is 152 cm³/mol. The van der Waals surface area contributed by atoms with E-state index in [4.69, 9.17) is 9.98 Å². The number of benzene rings is 4. The van der Waals surface area contributed by atoms with Gasteiger partial charge in [0.2, 0.25) is 0 Å². The van der Waals surface area contributed by atoms with Crippen molar-refractivity contribution >= 4 is 38.9 Å². The smallest absolute Gasteiger partial charge is 0.103 e. The largest absolute Gasteiger partial charge is 0.279 e. The van der Waals surface area contributed by atoms with Crippen molar-refractivity contribution in [2.45, 2.75) is 19.9 Å². The first-order valence-electron chi connectivity index (χ1n) is 12.6. The van der Waals surface area contributed by atoms with Crippen LogP contribution in [0, 0.1) is 12.8 Å². The maximum Gasteiger partial charge on any atom is 0.103 e. The van der Waals surface area contributed by atoms with E-state index in [0.717, 1.165) is 17.1 Å². The van der Waals surface area contributed by atoms with E-state index in [1.54, 1.807) is 0 Å². The van der Waals surface area contributed by atoms with E-state index in [1.165, 1.54) is 49.4 Å². The molecule has 0 N–H and O–H groups in total. The Kier molecular flexibility index (Phi) is 4.75. The SMILES string of the molecule is CC1=NC2c3nc(C)cc(-c4ccc5ccccc5c4)c3C=CC2C(c2ccc3ccccc3c2)=C1. The molecule has 0 bridgehead atoms. The third-order valence-electron chi connectivity index (χ3n) is 7.52. The average Bonchev–Trinajstić information content (AvgIpc) is 2.91. The zero-order chi connectivity index (χ0) is 24.2. The Bertz CT molecular complexity index is 1770. The van der Waals surface area contributed by atoms with Gasteiger partial charge in [-0.3, -0.25) is 9.98 Å². The van der Waals surface area contributed by atoms with Crippen LogP contribution < -0.4 is 0 Å². The van der Waals surface area contributed by atoms with Crippen LogP contribution in [-0.2, 0) is 0 Å². The van der Waals surface area contributed by atoms with Crippen LogP contribution in [0.1, 0.15) is 35.5 Å². The van der Waals surface area contributed by atoms with Gasteiger partial charge in [0, 0.05) is 22.9 Å². The summed E-state index contributed by atoms with van der Waals surface area (Å²) in [7, 11) is 0. The van der Waals surface area contributed by atoms with Crippen LogP contribution in [0.4, 0.5) is 0 Å². The number of allylic oxidation sites excluding steroid dienone is 1. The topological polar surface area (TPSA) is 25.2 Å². The molecular formula is C34H26N2. The number of fused-ring (bicyclic) bond motifs is 5. The monoisotopic (exact) mass is 462 g/mol. The molecule has 1 aliphatic heterocycles. The van der Waals surface area contributed by atoms with Crippen molar-refractivity contribution in [1.29, 1.82) is 0 Å². The van der Waals surface area contributed by atoms with Gasteiger partial charge in [-0.15, -0.1) is 0 Å². The first kappa shape index (κ1) is 21.0. The molecule has 7 rings (SSSR count). The molecule has 172 valence electrons. The summed E-state index contributed by atoms with van der Waals surface area (Å²) in [6.45, 7) is 4.20. The van der Waals surface area contributed by atoms with Gasteiger partial charge in [-0.25, -0.2) is 0 Å². The fraction of sp³-hybridized carbons (Fsp3) is 0.118. The van der Waals surface area contributed by atoms with Crippen molar-refractivity contribution in [3.05, 3.63) is 126 Å². The molecule has 1 aliphatic carbocycles. The van der Waals surface area contributed by atoms with Crippen molar-refractivity contribution < 1.29 is 0 Å². The van der Waals surface area contributed by atoms with Gasteiger partial charge in [-0.1, -0.05) is 84.9 Å². The third kappa shape index (κ3) is 3.41. The van der Waals surface area contributed by atoms with Gasteiger partial charge in [0.05, 0.1) is 5.69 Å². The Hall–Kier alpha value is -4.30. The number of aliphatic imine (C=N–C) groups is 1. The van der Waals surface area contributed by atoms with Crippen LogP contribution in [0.2, 0.25) is 0 Å². The molecule has 1 aromatic heterocycles. The minimum absolute atomic E-state index is 0.0180. The minimum Gasteiger partial charge on any atom is -0.279 e. The molecule has 2 heteroatoms. The van der Waals surface area contributed by atoms with Crippen molar-refractivity contribution in [1.82, 2.24) is 4.98 Å². The first-order chi connectivity index (χ1) is 17.6. The zero-order valence-electron chi connectivity index (χ0n) is 20.4. The van der Waals surface area contributed by atoms with Crippen LogP contribution in [0.3, 0.4) is 0 Å². The molecule has 0 spiro atoms. The number of hydrogen-bond donors (Lipinski definition) is 0. The van der Waals surface area contributed by atoms with E-state index < -0.39 is 0 Å². The van der Waals surface area contributed by atoms with Crippen molar-refractivity contribution in [3.8, 4) is 11.1 Å². The lowest BCUT2D eigenvalue weighted by molar-refractivity contribution is 0.603. The van der Waals surface area contributed by atoms with Gasteiger partial charge in [0.15, 0.2) is 0 Å². The summed E-state index contributed by atoms with van der Waals surface area (Å²) < 4.78 is 0. The van der Waals surface area contributed by atoms with Gasteiger partial charge < -0.3 is 0 Å². The minimum atomic E-state index is -0.0180. The number of nitrogens with zero attached hydrogens (tertiary/aromatic N) is 2. The molecule has 0 radical (unpaired) electrons. The number of aromatic nitrogens is 1. The lowest BCUT2D eigenvalue weighted by Crippen LogP contribution is -2.22. The lowest BCUT2D eigenvalue weighted by atomic mass is 9.77. The number of hydrogen-bond acceptors (Lipinski definition) is 2. The fourth-order valence-electron chi connectivity index (χ4n) is 5.82. The van der Waals surface area contributed by atoms with E-state index in [9.17, 15) is 0 Å². The van der Waals surface area contributed by atoms with Crippen LogP contribution in [0.15, 0.2) is 108 Å². The molecule has 0 saturated carbocycles. The van der Waals surface area contributed by atoms with Crippen LogP contribution in [0.25, 0.3) is 44.3 Å². The summed E-state index contributed by atoms with van der Waals surface area (Å²) in [6, 6.07) is 32.8. The number of pyridine rings is 1. The molecular weight excluding hydrogens is 436 g/mol.